The highest BCUT2D eigenvalue weighted by atomic mass is 16.5. The molecule has 0 aliphatic carbocycles. The molecule has 0 bridgehead atoms. The lowest BCUT2D eigenvalue weighted by molar-refractivity contribution is -0.148. The summed E-state index contributed by atoms with van der Waals surface area (Å²) < 4.78 is 10.6. The Balaban J connectivity index is 2.06. The molecule has 1 atom stereocenters. The summed E-state index contributed by atoms with van der Waals surface area (Å²) in [5.41, 5.74) is 1.43. The van der Waals surface area contributed by atoms with Crippen molar-refractivity contribution in [1.29, 1.82) is 5.26 Å². The van der Waals surface area contributed by atoms with Gasteiger partial charge in [0.15, 0.2) is 11.2 Å². The molecule has 1 N–H and O–H groups in total. The summed E-state index contributed by atoms with van der Waals surface area (Å²) in [6, 6.07) is 14.9. The van der Waals surface area contributed by atoms with Gasteiger partial charge >= 0.3 is 5.97 Å². The molecule has 188 valence electrons. The first kappa shape index (κ1) is 28.0. The van der Waals surface area contributed by atoms with E-state index in [1.165, 1.54) is 7.11 Å². The van der Waals surface area contributed by atoms with Gasteiger partial charge in [0.1, 0.15) is 5.75 Å². The molecule has 0 fully saturated rings. The first-order valence-electron chi connectivity index (χ1n) is 12.0. The van der Waals surface area contributed by atoms with Gasteiger partial charge in [0.25, 0.3) is 0 Å². The maximum absolute atomic E-state index is 13.0. The highest BCUT2D eigenvalue weighted by Gasteiger charge is 2.42. The number of carbonyl (C=O) groups excluding carboxylic acids is 2. The van der Waals surface area contributed by atoms with Crippen molar-refractivity contribution in [3.8, 4) is 11.8 Å². The average Bonchev–Trinajstić information content (AvgIpc) is 2.89. The van der Waals surface area contributed by atoms with Gasteiger partial charge in [-0.2, -0.15) is 5.26 Å². The molecule has 0 saturated heterocycles. The lowest BCUT2D eigenvalue weighted by Crippen LogP contribution is -2.37. The molecule has 0 radical (unpaired) electrons. The fraction of sp³-hybridized carbons (Fsp3) is 0.464. The number of rotatable bonds is 14. The van der Waals surface area contributed by atoms with Gasteiger partial charge in [-0.25, -0.2) is 4.79 Å². The number of aliphatic hydroxyl groups is 1. The Bertz CT molecular complexity index is 1030. The van der Waals surface area contributed by atoms with E-state index in [4.69, 9.17) is 9.47 Å². The maximum Gasteiger partial charge on any atom is 0.331 e. The summed E-state index contributed by atoms with van der Waals surface area (Å²) >= 11 is 0. The monoisotopic (exact) mass is 480 g/mol. The van der Waals surface area contributed by atoms with E-state index in [1.54, 1.807) is 25.1 Å². The summed E-state index contributed by atoms with van der Waals surface area (Å²) in [7, 11) is 3.51. The molecule has 2 aromatic carbocycles. The number of likely N-dealkylation sites (N-methyl/N-ethyl adjacent to an activating group) is 1. The first-order chi connectivity index (χ1) is 16.8. The van der Waals surface area contributed by atoms with Gasteiger partial charge in [0.2, 0.25) is 0 Å². The van der Waals surface area contributed by atoms with Crippen LogP contribution in [0.5, 0.6) is 5.75 Å². The van der Waals surface area contributed by atoms with Crippen molar-refractivity contribution in [2.45, 2.75) is 51.6 Å². The highest BCUT2D eigenvalue weighted by molar-refractivity contribution is 5.95. The number of hydrogen-bond donors (Lipinski definition) is 1. The number of benzene rings is 2. The number of nitrogens with zero attached hydrogens (tertiary/aromatic N) is 2. The minimum absolute atomic E-state index is 0.138. The van der Waals surface area contributed by atoms with Gasteiger partial charge in [-0.1, -0.05) is 37.3 Å². The van der Waals surface area contributed by atoms with Crippen molar-refractivity contribution in [3.05, 3.63) is 64.7 Å². The predicted octanol–water partition coefficient (Wildman–Crippen LogP) is 4.06. The van der Waals surface area contributed by atoms with E-state index in [0.717, 1.165) is 24.1 Å². The smallest absolute Gasteiger partial charge is 0.331 e. The topological polar surface area (TPSA) is 99.9 Å². The Kier molecular flexibility index (Phi) is 10.9. The quantitative estimate of drug-likeness (QED) is 0.321. The third-order valence-corrected chi connectivity index (χ3v) is 6.23. The van der Waals surface area contributed by atoms with Crippen LogP contribution in [-0.2, 0) is 28.0 Å². The molecular weight excluding hydrogens is 444 g/mol. The van der Waals surface area contributed by atoms with E-state index in [0.29, 0.717) is 36.3 Å². The van der Waals surface area contributed by atoms with Gasteiger partial charge in [-0.3, -0.25) is 4.79 Å². The third-order valence-electron chi connectivity index (χ3n) is 6.23. The average molecular weight is 481 g/mol. The number of ether oxygens (including phenoxy) is 2. The number of hydrogen-bond acceptors (Lipinski definition) is 7. The van der Waals surface area contributed by atoms with Crippen LogP contribution in [0.1, 0.15) is 60.2 Å². The van der Waals surface area contributed by atoms with Crippen LogP contribution in [-0.4, -0.2) is 55.6 Å². The van der Waals surface area contributed by atoms with Crippen molar-refractivity contribution in [1.82, 2.24) is 4.90 Å². The molecule has 35 heavy (non-hydrogen) atoms. The number of nitriles is 1. The Labute approximate surface area is 208 Å². The number of ketones is 1. The third kappa shape index (κ3) is 7.14. The zero-order valence-corrected chi connectivity index (χ0v) is 21.2. The summed E-state index contributed by atoms with van der Waals surface area (Å²) in [5, 5.41) is 19.8. The van der Waals surface area contributed by atoms with Crippen LogP contribution in [0.25, 0.3) is 0 Å². The fourth-order valence-electron chi connectivity index (χ4n) is 4.06. The normalized spacial score (nSPS) is 12.6. The molecule has 0 spiro atoms. The van der Waals surface area contributed by atoms with Crippen LogP contribution < -0.4 is 4.74 Å². The lowest BCUT2D eigenvalue weighted by Gasteiger charge is -2.27. The molecule has 0 aliphatic rings. The zero-order chi connectivity index (χ0) is 25.8. The summed E-state index contributed by atoms with van der Waals surface area (Å²) in [6.45, 7) is 4.97. The molecular formula is C28H36N2O5. The standard InChI is InChI=1S/C28H36N2O5/c1-5-25(32)22-10-8-21(9-11-22)14-17-30(3)16-7-15-28(20-29,27(33)35-6-2)24-12-13-26(34-4)23(18-24)19-31/h8-13,18,31H,5-7,14-17,19H2,1-4H3. The van der Waals surface area contributed by atoms with Gasteiger partial charge < -0.3 is 19.5 Å². The number of carbonyl (C=O) groups is 2. The Hall–Kier alpha value is -3.21. The number of esters is 1. The molecule has 7 nitrogen and oxygen atoms in total. The van der Waals surface area contributed by atoms with Crippen LogP contribution in [0.15, 0.2) is 42.5 Å². The Morgan fingerprint density at radius 2 is 1.83 bits per heavy atom. The van der Waals surface area contributed by atoms with Crippen LogP contribution in [0, 0.1) is 11.3 Å². The van der Waals surface area contributed by atoms with E-state index in [9.17, 15) is 20.0 Å². The minimum Gasteiger partial charge on any atom is -0.496 e. The van der Waals surface area contributed by atoms with Gasteiger partial charge in [0.05, 0.1) is 26.4 Å². The van der Waals surface area contributed by atoms with Gasteiger partial charge in [-0.15, -0.1) is 0 Å². The Morgan fingerprint density at radius 3 is 2.40 bits per heavy atom. The molecule has 0 aliphatic heterocycles. The highest BCUT2D eigenvalue weighted by Crippen LogP contribution is 2.34. The van der Waals surface area contributed by atoms with E-state index >= 15 is 0 Å². The molecule has 0 saturated carbocycles. The number of methoxy groups -OCH3 is 1. The van der Waals surface area contributed by atoms with Gasteiger partial charge in [0, 0.05) is 24.1 Å². The predicted molar refractivity (Wildman–Crippen MR) is 134 cm³/mol. The second kappa shape index (κ2) is 13.6. The molecule has 0 aromatic heterocycles. The van der Waals surface area contributed by atoms with E-state index < -0.39 is 11.4 Å². The summed E-state index contributed by atoms with van der Waals surface area (Å²) in [4.78, 5) is 26.9. The first-order valence-corrected chi connectivity index (χ1v) is 12.0. The Morgan fingerprint density at radius 1 is 1.11 bits per heavy atom. The minimum atomic E-state index is -1.46. The molecule has 0 heterocycles. The number of Topliss-reactive ketones (excluding diaryl/α,β-unsaturated/α-hetero) is 1. The van der Waals surface area contributed by atoms with Gasteiger partial charge in [-0.05, 0) is 63.0 Å². The van der Waals surface area contributed by atoms with Crippen LogP contribution >= 0.6 is 0 Å². The summed E-state index contributed by atoms with van der Waals surface area (Å²) in [6.07, 6.45) is 2.22. The second-order valence-corrected chi connectivity index (χ2v) is 8.55. The van der Waals surface area contributed by atoms with Crippen molar-refractivity contribution >= 4 is 11.8 Å². The van der Waals surface area contributed by atoms with E-state index in [-0.39, 0.29) is 25.4 Å². The molecule has 2 rings (SSSR count). The van der Waals surface area contributed by atoms with Crippen LogP contribution in [0.3, 0.4) is 0 Å². The molecule has 7 heteroatoms. The maximum atomic E-state index is 13.0. The van der Waals surface area contributed by atoms with E-state index in [2.05, 4.69) is 11.0 Å². The second-order valence-electron chi connectivity index (χ2n) is 8.55. The summed E-state index contributed by atoms with van der Waals surface area (Å²) in [5.74, 6) is 0.0546. The van der Waals surface area contributed by atoms with E-state index in [1.807, 2.05) is 38.2 Å². The molecule has 2 aromatic rings. The SMILES string of the molecule is CCOC(=O)C(C#N)(CCCN(C)CCc1ccc(C(=O)CC)cc1)c1ccc(OC)c(CO)c1. The molecule has 0 amide bonds. The van der Waals surface area contributed by atoms with Crippen molar-refractivity contribution in [2.24, 2.45) is 0 Å². The van der Waals surface area contributed by atoms with Crippen molar-refractivity contribution < 1.29 is 24.2 Å². The fourth-order valence-corrected chi connectivity index (χ4v) is 4.06. The largest absolute Gasteiger partial charge is 0.496 e. The van der Waals surface area contributed by atoms with Crippen molar-refractivity contribution in [2.75, 3.05) is 33.9 Å². The lowest BCUT2D eigenvalue weighted by atomic mass is 9.77. The zero-order valence-electron chi connectivity index (χ0n) is 21.2. The van der Waals surface area contributed by atoms with Crippen LogP contribution in [0.2, 0.25) is 0 Å². The van der Waals surface area contributed by atoms with Crippen LogP contribution in [0.4, 0.5) is 0 Å². The number of aliphatic hydroxyl groups excluding tert-OH is 1. The van der Waals surface area contributed by atoms with Crippen molar-refractivity contribution in [3.63, 3.8) is 0 Å². The molecule has 1 unspecified atom stereocenters.